The number of benzene rings is 2. The SMILES string of the molecule is O=C(O)c1cccc(C(Oc2ccccc2)c2cccnc2)c1. The molecule has 0 radical (unpaired) electrons. The number of hydrogen-bond donors (Lipinski definition) is 1. The summed E-state index contributed by atoms with van der Waals surface area (Å²) in [5.41, 5.74) is 1.86. The lowest BCUT2D eigenvalue weighted by molar-refractivity contribution is 0.0696. The Bertz CT molecular complexity index is 788. The van der Waals surface area contributed by atoms with Crippen molar-refractivity contribution >= 4 is 5.97 Å². The van der Waals surface area contributed by atoms with E-state index in [1.54, 1.807) is 30.6 Å². The van der Waals surface area contributed by atoms with Crippen molar-refractivity contribution in [3.8, 4) is 5.75 Å². The van der Waals surface area contributed by atoms with E-state index in [2.05, 4.69) is 4.98 Å². The summed E-state index contributed by atoms with van der Waals surface area (Å²) in [6.45, 7) is 0. The minimum absolute atomic E-state index is 0.230. The lowest BCUT2D eigenvalue weighted by Gasteiger charge is -2.20. The van der Waals surface area contributed by atoms with Gasteiger partial charge in [0, 0.05) is 18.0 Å². The fraction of sp³-hybridized carbons (Fsp3) is 0.0526. The molecule has 3 aromatic rings. The smallest absolute Gasteiger partial charge is 0.335 e. The monoisotopic (exact) mass is 305 g/mol. The van der Waals surface area contributed by atoms with Crippen LogP contribution in [-0.2, 0) is 0 Å². The van der Waals surface area contributed by atoms with Gasteiger partial charge in [0.25, 0.3) is 0 Å². The van der Waals surface area contributed by atoms with Crippen LogP contribution in [0.15, 0.2) is 79.1 Å². The van der Waals surface area contributed by atoms with Gasteiger partial charge in [0.05, 0.1) is 5.56 Å². The largest absolute Gasteiger partial charge is 0.481 e. The number of carboxylic acid groups (broad SMARTS) is 1. The van der Waals surface area contributed by atoms with E-state index in [9.17, 15) is 9.90 Å². The molecule has 114 valence electrons. The van der Waals surface area contributed by atoms with E-state index in [0.29, 0.717) is 5.75 Å². The van der Waals surface area contributed by atoms with E-state index in [0.717, 1.165) is 11.1 Å². The van der Waals surface area contributed by atoms with Gasteiger partial charge in [-0.2, -0.15) is 0 Å². The quantitative estimate of drug-likeness (QED) is 0.775. The predicted molar refractivity (Wildman–Crippen MR) is 86.6 cm³/mol. The third kappa shape index (κ3) is 3.55. The molecule has 0 bridgehead atoms. The van der Waals surface area contributed by atoms with Crippen LogP contribution < -0.4 is 4.74 Å². The van der Waals surface area contributed by atoms with Crippen molar-refractivity contribution < 1.29 is 14.6 Å². The first-order valence-corrected chi connectivity index (χ1v) is 7.19. The number of carboxylic acids is 1. The van der Waals surface area contributed by atoms with E-state index >= 15 is 0 Å². The Labute approximate surface area is 134 Å². The molecule has 0 amide bonds. The summed E-state index contributed by atoms with van der Waals surface area (Å²) < 4.78 is 6.09. The third-order valence-electron chi connectivity index (χ3n) is 3.42. The number of carbonyl (C=O) groups is 1. The number of aromatic carboxylic acids is 1. The molecule has 0 aliphatic rings. The molecule has 1 aromatic heterocycles. The highest BCUT2D eigenvalue weighted by Crippen LogP contribution is 2.28. The van der Waals surface area contributed by atoms with Crippen molar-refractivity contribution in [2.24, 2.45) is 0 Å². The molecule has 1 N–H and O–H groups in total. The van der Waals surface area contributed by atoms with Gasteiger partial charge in [-0.15, -0.1) is 0 Å². The van der Waals surface area contributed by atoms with E-state index in [1.807, 2.05) is 48.5 Å². The second kappa shape index (κ2) is 6.75. The molecule has 0 saturated heterocycles. The van der Waals surface area contributed by atoms with Crippen LogP contribution in [0.5, 0.6) is 5.75 Å². The first kappa shape index (κ1) is 14.8. The van der Waals surface area contributed by atoms with Crippen LogP contribution in [-0.4, -0.2) is 16.1 Å². The van der Waals surface area contributed by atoms with E-state index < -0.39 is 12.1 Å². The Kier molecular flexibility index (Phi) is 4.34. The fourth-order valence-electron chi connectivity index (χ4n) is 2.33. The normalized spacial score (nSPS) is 11.7. The lowest BCUT2D eigenvalue weighted by atomic mass is 10.0. The Hall–Kier alpha value is -3.14. The van der Waals surface area contributed by atoms with Crippen molar-refractivity contribution in [1.29, 1.82) is 0 Å². The number of hydrogen-bond acceptors (Lipinski definition) is 3. The van der Waals surface area contributed by atoms with Gasteiger partial charge in [0.2, 0.25) is 0 Å². The zero-order valence-corrected chi connectivity index (χ0v) is 12.3. The number of nitrogens with zero attached hydrogens (tertiary/aromatic N) is 1. The highest BCUT2D eigenvalue weighted by atomic mass is 16.5. The van der Waals surface area contributed by atoms with Crippen LogP contribution in [0.3, 0.4) is 0 Å². The van der Waals surface area contributed by atoms with Gasteiger partial charge >= 0.3 is 5.97 Å². The number of rotatable bonds is 5. The molecule has 23 heavy (non-hydrogen) atoms. The molecule has 1 heterocycles. The molecular weight excluding hydrogens is 290 g/mol. The molecule has 2 aromatic carbocycles. The average molecular weight is 305 g/mol. The van der Waals surface area contributed by atoms with E-state index in [-0.39, 0.29) is 5.56 Å². The number of ether oxygens (including phenoxy) is 1. The van der Waals surface area contributed by atoms with Crippen molar-refractivity contribution in [3.63, 3.8) is 0 Å². The summed E-state index contributed by atoms with van der Waals surface area (Å²) >= 11 is 0. The maximum absolute atomic E-state index is 11.2. The molecule has 0 fully saturated rings. The topological polar surface area (TPSA) is 59.4 Å². The van der Waals surface area contributed by atoms with Crippen LogP contribution in [0.25, 0.3) is 0 Å². The average Bonchev–Trinajstić information content (AvgIpc) is 2.61. The molecule has 3 rings (SSSR count). The van der Waals surface area contributed by atoms with Crippen molar-refractivity contribution in [1.82, 2.24) is 4.98 Å². The van der Waals surface area contributed by atoms with Crippen LogP contribution >= 0.6 is 0 Å². The minimum atomic E-state index is -0.962. The summed E-state index contributed by atoms with van der Waals surface area (Å²) in [6, 6.07) is 19.9. The Balaban J connectivity index is 2.01. The van der Waals surface area contributed by atoms with Gasteiger partial charge in [-0.3, -0.25) is 4.98 Å². The second-order valence-corrected chi connectivity index (χ2v) is 5.03. The molecule has 0 aliphatic carbocycles. The number of para-hydroxylation sites is 1. The molecule has 1 unspecified atom stereocenters. The van der Waals surface area contributed by atoms with Crippen LogP contribution in [0.2, 0.25) is 0 Å². The van der Waals surface area contributed by atoms with Gasteiger partial charge < -0.3 is 9.84 Å². The minimum Gasteiger partial charge on any atom is -0.481 e. The van der Waals surface area contributed by atoms with E-state index in [1.165, 1.54) is 0 Å². The molecule has 0 saturated carbocycles. The summed E-state index contributed by atoms with van der Waals surface area (Å²) in [4.78, 5) is 15.4. The summed E-state index contributed by atoms with van der Waals surface area (Å²) in [7, 11) is 0. The molecule has 4 heteroatoms. The zero-order chi connectivity index (χ0) is 16.1. The van der Waals surface area contributed by atoms with Crippen LogP contribution in [0.1, 0.15) is 27.6 Å². The zero-order valence-electron chi connectivity index (χ0n) is 12.3. The van der Waals surface area contributed by atoms with Crippen molar-refractivity contribution in [2.45, 2.75) is 6.10 Å². The van der Waals surface area contributed by atoms with Crippen molar-refractivity contribution in [3.05, 3.63) is 95.8 Å². The Morgan fingerprint density at radius 2 is 1.74 bits per heavy atom. The van der Waals surface area contributed by atoms with Gasteiger partial charge in [-0.25, -0.2) is 4.79 Å². The Morgan fingerprint density at radius 1 is 0.957 bits per heavy atom. The Morgan fingerprint density at radius 3 is 2.43 bits per heavy atom. The van der Waals surface area contributed by atoms with Gasteiger partial charge in [0.15, 0.2) is 6.10 Å². The molecule has 4 nitrogen and oxygen atoms in total. The maximum atomic E-state index is 11.2. The van der Waals surface area contributed by atoms with E-state index in [4.69, 9.17) is 4.74 Å². The maximum Gasteiger partial charge on any atom is 0.335 e. The molecule has 1 atom stereocenters. The highest BCUT2D eigenvalue weighted by molar-refractivity contribution is 5.87. The van der Waals surface area contributed by atoms with Crippen molar-refractivity contribution in [2.75, 3.05) is 0 Å². The number of pyridine rings is 1. The third-order valence-corrected chi connectivity index (χ3v) is 3.42. The predicted octanol–water partition coefficient (Wildman–Crippen LogP) is 3.95. The second-order valence-electron chi connectivity index (χ2n) is 5.03. The lowest BCUT2D eigenvalue weighted by Crippen LogP contribution is -2.11. The summed E-state index contributed by atoms with van der Waals surface area (Å²) in [5, 5.41) is 9.20. The molecule has 0 spiro atoms. The summed E-state index contributed by atoms with van der Waals surface area (Å²) in [5.74, 6) is -0.251. The molecule has 0 aliphatic heterocycles. The summed E-state index contributed by atoms with van der Waals surface area (Å²) in [6.07, 6.45) is 2.99. The standard InChI is InChI=1S/C19H15NO3/c21-19(22)15-7-4-6-14(12-15)18(16-8-5-11-20-13-16)23-17-9-2-1-3-10-17/h1-13,18H,(H,21,22). The fourth-order valence-corrected chi connectivity index (χ4v) is 2.33. The number of aromatic nitrogens is 1. The highest BCUT2D eigenvalue weighted by Gasteiger charge is 2.18. The van der Waals surface area contributed by atoms with Crippen LogP contribution in [0, 0.1) is 0 Å². The van der Waals surface area contributed by atoms with Gasteiger partial charge in [-0.1, -0.05) is 36.4 Å². The molecular formula is C19H15NO3. The first-order valence-electron chi connectivity index (χ1n) is 7.19. The van der Waals surface area contributed by atoms with Crippen LogP contribution in [0.4, 0.5) is 0 Å². The van der Waals surface area contributed by atoms with Gasteiger partial charge in [-0.05, 0) is 35.9 Å². The first-order chi connectivity index (χ1) is 11.2. The van der Waals surface area contributed by atoms with Gasteiger partial charge in [0.1, 0.15) is 5.75 Å².